The van der Waals surface area contributed by atoms with Crippen molar-refractivity contribution in [3.63, 3.8) is 0 Å². The quantitative estimate of drug-likeness (QED) is 0.666. The normalized spacial score (nSPS) is 16.3. The Morgan fingerprint density at radius 3 is 2.79 bits per heavy atom. The van der Waals surface area contributed by atoms with Crippen LogP contribution in [-0.4, -0.2) is 39.4 Å². The Morgan fingerprint density at radius 1 is 1.21 bits per heavy atom. The molecular formula is C20H19N3O2S3. The summed E-state index contributed by atoms with van der Waals surface area (Å²) in [5.74, 6) is 0.917. The van der Waals surface area contributed by atoms with Crippen LogP contribution >= 0.6 is 34.4 Å². The smallest absolute Gasteiger partial charge is 0.255 e. The third kappa shape index (κ3) is 4.14. The molecule has 0 saturated carbocycles. The predicted octanol–water partition coefficient (Wildman–Crippen LogP) is 4.01. The minimum absolute atomic E-state index is 0.0983. The summed E-state index contributed by atoms with van der Waals surface area (Å²) in [6, 6.07) is 11.1. The zero-order chi connectivity index (χ0) is 19.5. The highest BCUT2D eigenvalue weighted by atomic mass is 32.2. The van der Waals surface area contributed by atoms with Crippen molar-refractivity contribution in [1.29, 1.82) is 0 Å². The van der Waals surface area contributed by atoms with Crippen LogP contribution in [0.1, 0.15) is 21.6 Å². The lowest BCUT2D eigenvalue weighted by molar-refractivity contribution is -0.124. The van der Waals surface area contributed by atoms with Crippen molar-refractivity contribution in [2.24, 2.45) is 0 Å². The molecule has 0 aliphatic carbocycles. The van der Waals surface area contributed by atoms with Gasteiger partial charge in [0.25, 0.3) is 5.91 Å². The van der Waals surface area contributed by atoms with Crippen LogP contribution in [0.5, 0.6) is 0 Å². The second-order valence-corrected chi connectivity index (χ2v) is 9.30. The average molecular weight is 430 g/mol. The Morgan fingerprint density at radius 2 is 2.04 bits per heavy atom. The van der Waals surface area contributed by atoms with E-state index in [1.807, 2.05) is 54.1 Å². The number of thiophene rings is 1. The summed E-state index contributed by atoms with van der Waals surface area (Å²) in [6.45, 7) is 2.35. The van der Waals surface area contributed by atoms with E-state index in [0.717, 1.165) is 21.1 Å². The first-order valence-electron chi connectivity index (χ1n) is 8.83. The molecule has 1 N–H and O–H groups in total. The summed E-state index contributed by atoms with van der Waals surface area (Å²) >= 11 is 4.83. The molecule has 1 saturated heterocycles. The molecular weight excluding hydrogens is 410 g/mol. The first-order valence-corrected chi connectivity index (χ1v) is 11.7. The number of rotatable bonds is 5. The average Bonchev–Trinajstić information content (AvgIpc) is 3.47. The van der Waals surface area contributed by atoms with Gasteiger partial charge in [-0.2, -0.15) is 0 Å². The second-order valence-electron chi connectivity index (χ2n) is 6.50. The predicted molar refractivity (Wildman–Crippen MR) is 116 cm³/mol. The minimum atomic E-state index is -0.450. The van der Waals surface area contributed by atoms with Crippen LogP contribution in [0.15, 0.2) is 47.2 Å². The number of benzene rings is 1. The van der Waals surface area contributed by atoms with Crippen molar-refractivity contribution in [2.45, 2.75) is 19.5 Å². The topological polar surface area (TPSA) is 62.3 Å². The van der Waals surface area contributed by atoms with Crippen LogP contribution in [0.2, 0.25) is 0 Å². The zero-order valence-electron chi connectivity index (χ0n) is 15.3. The van der Waals surface area contributed by atoms with E-state index in [4.69, 9.17) is 0 Å². The molecule has 28 heavy (non-hydrogen) atoms. The van der Waals surface area contributed by atoms with Crippen molar-refractivity contribution in [3.05, 3.63) is 64.0 Å². The lowest BCUT2D eigenvalue weighted by Crippen LogP contribution is -2.47. The molecule has 8 heteroatoms. The van der Waals surface area contributed by atoms with Gasteiger partial charge in [0.2, 0.25) is 5.91 Å². The number of carbonyl (C=O) groups excluding carboxylic acids is 2. The number of carbonyl (C=O) groups is 2. The Hall–Kier alpha value is -2.16. The number of aromatic nitrogens is 1. The Kier molecular flexibility index (Phi) is 5.79. The van der Waals surface area contributed by atoms with E-state index >= 15 is 0 Å². The van der Waals surface area contributed by atoms with Crippen LogP contribution in [0.4, 0.5) is 0 Å². The molecule has 2 aromatic heterocycles. The first-order chi connectivity index (χ1) is 13.6. The third-order valence-electron chi connectivity index (χ3n) is 4.47. The zero-order valence-corrected chi connectivity index (χ0v) is 17.7. The summed E-state index contributed by atoms with van der Waals surface area (Å²) < 4.78 is 0. The fourth-order valence-corrected chi connectivity index (χ4v) is 5.71. The number of nitrogens with one attached hydrogen (secondary N) is 1. The first kappa shape index (κ1) is 19.2. The maximum Gasteiger partial charge on any atom is 0.255 e. The highest BCUT2D eigenvalue weighted by molar-refractivity contribution is 7.99. The van der Waals surface area contributed by atoms with E-state index in [0.29, 0.717) is 23.7 Å². The fraction of sp³-hybridized carbons (Fsp3) is 0.250. The molecule has 0 spiro atoms. The third-order valence-corrected chi connectivity index (χ3v) is 7.41. The lowest BCUT2D eigenvalue weighted by Gasteiger charge is -2.23. The molecule has 1 unspecified atom stereocenters. The van der Waals surface area contributed by atoms with Gasteiger partial charge in [-0.25, -0.2) is 4.98 Å². The molecule has 1 atom stereocenters. The second kappa shape index (κ2) is 8.46. The fourth-order valence-electron chi connectivity index (χ4n) is 2.92. The largest absolute Gasteiger partial charge is 0.349 e. The molecule has 5 nitrogen and oxygen atoms in total. The van der Waals surface area contributed by atoms with Gasteiger partial charge in [-0.05, 0) is 30.5 Å². The van der Waals surface area contributed by atoms with Gasteiger partial charge in [0, 0.05) is 16.7 Å². The Bertz CT molecular complexity index is 967. The SMILES string of the molecule is Cc1ccc(C(=O)N2CSCC2C(=O)NCc2csc(-c3cccs3)n2)cc1. The van der Waals surface area contributed by atoms with Crippen LogP contribution in [0, 0.1) is 6.92 Å². The van der Waals surface area contributed by atoms with Crippen molar-refractivity contribution < 1.29 is 9.59 Å². The van der Waals surface area contributed by atoms with E-state index in [1.54, 1.807) is 39.3 Å². The summed E-state index contributed by atoms with van der Waals surface area (Å²) in [6.07, 6.45) is 0. The molecule has 3 heterocycles. The molecule has 1 fully saturated rings. The van der Waals surface area contributed by atoms with Crippen molar-refractivity contribution >= 4 is 46.2 Å². The van der Waals surface area contributed by atoms with Crippen molar-refractivity contribution in [3.8, 4) is 9.88 Å². The summed E-state index contributed by atoms with van der Waals surface area (Å²) in [5, 5.41) is 7.90. The van der Waals surface area contributed by atoms with Crippen LogP contribution in [0.25, 0.3) is 9.88 Å². The molecule has 1 aliphatic heterocycles. The summed E-state index contributed by atoms with van der Waals surface area (Å²) in [4.78, 5) is 32.9. The lowest BCUT2D eigenvalue weighted by atomic mass is 10.1. The van der Waals surface area contributed by atoms with Crippen molar-refractivity contribution in [2.75, 3.05) is 11.6 Å². The van der Waals surface area contributed by atoms with Gasteiger partial charge in [-0.15, -0.1) is 34.4 Å². The van der Waals surface area contributed by atoms with Gasteiger partial charge >= 0.3 is 0 Å². The van der Waals surface area contributed by atoms with E-state index in [9.17, 15) is 9.59 Å². The number of hydrogen-bond donors (Lipinski definition) is 1. The van der Waals surface area contributed by atoms with Crippen LogP contribution in [0.3, 0.4) is 0 Å². The van der Waals surface area contributed by atoms with Gasteiger partial charge < -0.3 is 10.2 Å². The number of amides is 2. The molecule has 4 rings (SSSR count). The number of aryl methyl sites for hydroxylation is 1. The summed E-state index contributed by atoms with van der Waals surface area (Å²) in [7, 11) is 0. The highest BCUT2D eigenvalue weighted by Gasteiger charge is 2.35. The van der Waals surface area contributed by atoms with Gasteiger partial charge in [0.15, 0.2) is 0 Å². The van der Waals surface area contributed by atoms with E-state index < -0.39 is 6.04 Å². The molecule has 1 aliphatic rings. The number of nitrogens with zero attached hydrogens (tertiary/aromatic N) is 2. The van der Waals surface area contributed by atoms with Gasteiger partial charge in [-0.1, -0.05) is 23.8 Å². The van der Waals surface area contributed by atoms with Gasteiger partial charge in [0.05, 0.1) is 23.0 Å². The Balaban J connectivity index is 1.38. The van der Waals surface area contributed by atoms with Crippen LogP contribution < -0.4 is 5.32 Å². The maximum absolute atomic E-state index is 12.8. The molecule has 2 amide bonds. The molecule has 0 bridgehead atoms. The number of thiazole rings is 1. The highest BCUT2D eigenvalue weighted by Crippen LogP contribution is 2.28. The molecule has 144 valence electrons. The standard InChI is InChI=1S/C20H19N3O2S3/c1-13-4-6-14(7-5-13)20(25)23-12-26-11-16(23)18(24)21-9-15-10-28-19(22-15)17-3-2-8-27-17/h2-8,10,16H,9,11-12H2,1H3,(H,21,24). The number of hydrogen-bond acceptors (Lipinski definition) is 6. The Labute approximate surface area is 175 Å². The molecule has 1 aromatic carbocycles. The number of thioether (sulfide) groups is 1. The van der Waals surface area contributed by atoms with Crippen molar-refractivity contribution in [1.82, 2.24) is 15.2 Å². The van der Waals surface area contributed by atoms with E-state index in [-0.39, 0.29) is 11.8 Å². The summed E-state index contributed by atoms with van der Waals surface area (Å²) in [5.41, 5.74) is 2.56. The van der Waals surface area contributed by atoms with Gasteiger partial charge in [0.1, 0.15) is 11.0 Å². The molecule has 0 radical (unpaired) electrons. The van der Waals surface area contributed by atoms with Gasteiger partial charge in [-0.3, -0.25) is 9.59 Å². The van der Waals surface area contributed by atoms with E-state index in [1.165, 1.54) is 0 Å². The molecule has 3 aromatic rings. The van der Waals surface area contributed by atoms with Crippen LogP contribution in [-0.2, 0) is 11.3 Å². The monoisotopic (exact) mass is 429 g/mol. The van der Waals surface area contributed by atoms with E-state index in [2.05, 4.69) is 10.3 Å². The maximum atomic E-state index is 12.8. The minimum Gasteiger partial charge on any atom is -0.349 e.